The highest BCUT2D eigenvalue weighted by molar-refractivity contribution is 5.89. The van der Waals surface area contributed by atoms with Gasteiger partial charge in [0.1, 0.15) is 18.0 Å². The van der Waals surface area contributed by atoms with Crippen LogP contribution in [-0.2, 0) is 6.54 Å². The lowest BCUT2D eigenvalue weighted by Gasteiger charge is -2.31. The fourth-order valence-electron chi connectivity index (χ4n) is 2.90. The SMILES string of the molecule is CCn1cnnc1C1CCN(C(=O)Nc2ccc(F)cc2)CC1. The van der Waals surface area contributed by atoms with E-state index in [1.54, 1.807) is 23.4 Å². The van der Waals surface area contributed by atoms with Crippen LogP contribution in [0.15, 0.2) is 30.6 Å². The predicted molar refractivity (Wildman–Crippen MR) is 84.7 cm³/mol. The molecular formula is C16H20FN5O. The van der Waals surface area contributed by atoms with E-state index in [0.717, 1.165) is 25.2 Å². The minimum absolute atomic E-state index is 0.146. The number of carbonyl (C=O) groups excluding carboxylic acids is 1. The van der Waals surface area contributed by atoms with Gasteiger partial charge in [-0.3, -0.25) is 0 Å². The number of nitrogens with one attached hydrogen (secondary N) is 1. The number of nitrogens with zero attached hydrogens (tertiary/aromatic N) is 4. The van der Waals surface area contributed by atoms with Gasteiger partial charge in [0.15, 0.2) is 0 Å². The fraction of sp³-hybridized carbons (Fsp3) is 0.438. The van der Waals surface area contributed by atoms with E-state index in [-0.39, 0.29) is 11.8 Å². The van der Waals surface area contributed by atoms with Gasteiger partial charge in [0.2, 0.25) is 0 Å². The first-order valence-corrected chi connectivity index (χ1v) is 7.86. The average molecular weight is 317 g/mol. The minimum Gasteiger partial charge on any atom is -0.324 e. The van der Waals surface area contributed by atoms with E-state index in [2.05, 4.69) is 27.0 Å². The van der Waals surface area contributed by atoms with Crippen molar-refractivity contribution in [1.82, 2.24) is 19.7 Å². The van der Waals surface area contributed by atoms with E-state index in [1.165, 1.54) is 12.1 Å². The van der Waals surface area contributed by atoms with E-state index in [9.17, 15) is 9.18 Å². The number of aromatic nitrogens is 3. The minimum atomic E-state index is -0.316. The molecule has 1 N–H and O–H groups in total. The van der Waals surface area contributed by atoms with Crippen LogP contribution in [0.3, 0.4) is 0 Å². The highest BCUT2D eigenvalue weighted by atomic mass is 19.1. The second-order valence-corrected chi connectivity index (χ2v) is 5.67. The van der Waals surface area contributed by atoms with Crippen molar-refractivity contribution >= 4 is 11.7 Å². The topological polar surface area (TPSA) is 63.1 Å². The summed E-state index contributed by atoms with van der Waals surface area (Å²) >= 11 is 0. The molecule has 7 heteroatoms. The first-order chi connectivity index (χ1) is 11.2. The van der Waals surface area contributed by atoms with Gasteiger partial charge in [0.25, 0.3) is 0 Å². The average Bonchev–Trinajstić information content (AvgIpc) is 3.06. The Kier molecular flexibility index (Phi) is 4.55. The maximum atomic E-state index is 12.9. The molecule has 0 bridgehead atoms. The van der Waals surface area contributed by atoms with Crippen LogP contribution in [0.25, 0.3) is 0 Å². The monoisotopic (exact) mass is 317 g/mol. The van der Waals surface area contributed by atoms with Gasteiger partial charge in [0, 0.05) is 31.2 Å². The van der Waals surface area contributed by atoms with Gasteiger partial charge in [0.05, 0.1) is 0 Å². The third kappa shape index (κ3) is 3.49. The molecule has 23 heavy (non-hydrogen) atoms. The fourth-order valence-corrected chi connectivity index (χ4v) is 2.90. The molecule has 0 spiro atoms. The van der Waals surface area contributed by atoms with Crippen LogP contribution < -0.4 is 5.32 Å². The number of halogens is 1. The molecule has 1 fully saturated rings. The van der Waals surface area contributed by atoms with Crippen molar-refractivity contribution in [2.24, 2.45) is 0 Å². The predicted octanol–water partition coefficient (Wildman–Crippen LogP) is 2.85. The molecule has 0 unspecified atom stereocenters. The van der Waals surface area contributed by atoms with E-state index in [4.69, 9.17) is 0 Å². The summed E-state index contributed by atoms with van der Waals surface area (Å²) in [6, 6.07) is 5.64. The standard InChI is InChI=1S/C16H20FN5O/c1-2-21-11-18-20-15(21)12-7-9-22(10-8-12)16(23)19-14-5-3-13(17)4-6-14/h3-6,11-12H,2,7-10H2,1H3,(H,19,23). The third-order valence-electron chi connectivity index (χ3n) is 4.23. The van der Waals surface area contributed by atoms with E-state index < -0.39 is 0 Å². The Bertz CT molecular complexity index is 661. The Hall–Kier alpha value is -2.44. The lowest BCUT2D eigenvalue weighted by atomic mass is 9.96. The molecule has 0 saturated carbocycles. The molecular weight excluding hydrogens is 297 g/mol. The molecule has 0 aliphatic carbocycles. The zero-order valence-corrected chi connectivity index (χ0v) is 13.1. The Labute approximate surface area is 134 Å². The largest absolute Gasteiger partial charge is 0.324 e. The quantitative estimate of drug-likeness (QED) is 0.947. The molecule has 1 aromatic heterocycles. The van der Waals surface area contributed by atoms with Crippen LogP contribution in [0.5, 0.6) is 0 Å². The highest BCUT2D eigenvalue weighted by Gasteiger charge is 2.26. The molecule has 1 aromatic carbocycles. The summed E-state index contributed by atoms with van der Waals surface area (Å²) in [7, 11) is 0. The summed E-state index contributed by atoms with van der Waals surface area (Å²) in [6.07, 6.45) is 3.49. The maximum absolute atomic E-state index is 12.9. The summed E-state index contributed by atoms with van der Waals surface area (Å²) in [5, 5.41) is 11.0. The molecule has 1 saturated heterocycles. The zero-order chi connectivity index (χ0) is 16.2. The molecule has 3 rings (SSSR count). The van der Waals surface area contributed by atoms with E-state index in [1.807, 2.05) is 0 Å². The number of likely N-dealkylation sites (tertiary alicyclic amines) is 1. The number of rotatable bonds is 3. The van der Waals surface area contributed by atoms with Gasteiger partial charge < -0.3 is 14.8 Å². The number of anilines is 1. The van der Waals surface area contributed by atoms with Gasteiger partial charge in [-0.15, -0.1) is 10.2 Å². The number of benzene rings is 1. The van der Waals surface area contributed by atoms with Crippen molar-refractivity contribution < 1.29 is 9.18 Å². The molecule has 0 radical (unpaired) electrons. The molecule has 2 amide bonds. The first kappa shape index (κ1) is 15.5. The third-order valence-corrected chi connectivity index (χ3v) is 4.23. The normalized spacial score (nSPS) is 15.7. The van der Waals surface area contributed by atoms with Gasteiger partial charge >= 0.3 is 6.03 Å². The van der Waals surface area contributed by atoms with Gasteiger partial charge in [-0.05, 0) is 44.0 Å². The second kappa shape index (κ2) is 6.76. The Balaban J connectivity index is 1.56. The van der Waals surface area contributed by atoms with Gasteiger partial charge in [-0.1, -0.05) is 0 Å². The molecule has 1 aliphatic rings. The van der Waals surface area contributed by atoms with E-state index in [0.29, 0.717) is 24.7 Å². The van der Waals surface area contributed by atoms with Crippen molar-refractivity contribution in [2.45, 2.75) is 32.2 Å². The summed E-state index contributed by atoms with van der Waals surface area (Å²) in [6.45, 7) is 4.27. The van der Waals surface area contributed by atoms with Crippen molar-refractivity contribution in [3.8, 4) is 0 Å². The van der Waals surface area contributed by atoms with Crippen LogP contribution >= 0.6 is 0 Å². The molecule has 6 nitrogen and oxygen atoms in total. The van der Waals surface area contributed by atoms with Crippen LogP contribution in [0.1, 0.15) is 31.5 Å². The van der Waals surface area contributed by atoms with Gasteiger partial charge in [-0.2, -0.15) is 0 Å². The van der Waals surface area contributed by atoms with E-state index >= 15 is 0 Å². The smallest absolute Gasteiger partial charge is 0.321 e. The van der Waals surface area contributed by atoms with Crippen LogP contribution in [-0.4, -0.2) is 38.8 Å². The van der Waals surface area contributed by atoms with Crippen LogP contribution in [0.4, 0.5) is 14.9 Å². The number of carbonyl (C=O) groups is 1. The van der Waals surface area contributed by atoms with Gasteiger partial charge in [-0.25, -0.2) is 9.18 Å². The highest BCUT2D eigenvalue weighted by Crippen LogP contribution is 2.26. The lowest BCUT2D eigenvalue weighted by molar-refractivity contribution is 0.193. The van der Waals surface area contributed by atoms with Crippen molar-refractivity contribution in [3.05, 3.63) is 42.2 Å². The number of aryl methyl sites for hydroxylation is 1. The number of hydrogen-bond donors (Lipinski definition) is 1. The lowest BCUT2D eigenvalue weighted by Crippen LogP contribution is -2.40. The van der Waals surface area contributed by atoms with Crippen LogP contribution in [0.2, 0.25) is 0 Å². The first-order valence-electron chi connectivity index (χ1n) is 7.86. The molecule has 2 aromatic rings. The van der Waals surface area contributed by atoms with Crippen molar-refractivity contribution in [3.63, 3.8) is 0 Å². The van der Waals surface area contributed by atoms with Crippen LogP contribution in [0, 0.1) is 5.82 Å². The number of urea groups is 1. The number of amides is 2. The second-order valence-electron chi connectivity index (χ2n) is 5.67. The molecule has 0 atom stereocenters. The molecule has 122 valence electrons. The Morgan fingerprint density at radius 1 is 1.30 bits per heavy atom. The summed E-state index contributed by atoms with van der Waals surface area (Å²) in [5.41, 5.74) is 0.601. The summed E-state index contributed by atoms with van der Waals surface area (Å²) < 4.78 is 14.9. The number of hydrogen-bond acceptors (Lipinski definition) is 3. The Morgan fingerprint density at radius 2 is 2.00 bits per heavy atom. The zero-order valence-electron chi connectivity index (χ0n) is 13.1. The summed E-state index contributed by atoms with van der Waals surface area (Å²) in [4.78, 5) is 14.0. The Morgan fingerprint density at radius 3 is 2.65 bits per heavy atom. The number of piperidine rings is 1. The summed E-state index contributed by atoms with van der Waals surface area (Å²) in [5.74, 6) is 1.03. The molecule has 1 aliphatic heterocycles. The molecule has 2 heterocycles. The van der Waals surface area contributed by atoms with Crippen molar-refractivity contribution in [2.75, 3.05) is 18.4 Å². The maximum Gasteiger partial charge on any atom is 0.321 e. The van der Waals surface area contributed by atoms with Crippen molar-refractivity contribution in [1.29, 1.82) is 0 Å².